The van der Waals surface area contributed by atoms with E-state index in [0.29, 0.717) is 32.6 Å². The number of carbonyl (C=O) groups excluding carboxylic acids is 1. The fourth-order valence-corrected chi connectivity index (χ4v) is 1.39. The van der Waals surface area contributed by atoms with E-state index in [1.807, 2.05) is 4.90 Å². The van der Waals surface area contributed by atoms with Gasteiger partial charge in [0.25, 0.3) is 5.92 Å². The number of hydrogen-bond acceptors (Lipinski definition) is 2. The summed E-state index contributed by atoms with van der Waals surface area (Å²) in [6.45, 7) is 2.05. The third kappa shape index (κ3) is 3.67. The number of nitrogens with one attached hydrogen (secondary N) is 1. The number of rotatable bonds is 4. The number of likely N-dealkylation sites (tertiary alicyclic amines) is 1. The van der Waals surface area contributed by atoms with Crippen molar-refractivity contribution in [2.75, 3.05) is 26.2 Å². The molecule has 0 atom stereocenters. The lowest BCUT2D eigenvalue weighted by Gasteiger charge is -2.31. The Morgan fingerprint density at radius 1 is 1.38 bits per heavy atom. The first-order chi connectivity index (χ1) is 6.14. The Labute approximate surface area is 76.1 Å². The van der Waals surface area contributed by atoms with Gasteiger partial charge in [-0.3, -0.25) is 4.79 Å². The molecule has 3 nitrogen and oxygen atoms in total. The van der Waals surface area contributed by atoms with Crippen LogP contribution in [0.1, 0.15) is 12.8 Å². The molecule has 13 heavy (non-hydrogen) atoms. The highest BCUT2D eigenvalue weighted by molar-refractivity contribution is 5.45. The Balaban J connectivity index is 2.14. The minimum absolute atomic E-state index is 0.0614. The van der Waals surface area contributed by atoms with Crippen LogP contribution in [0.15, 0.2) is 0 Å². The van der Waals surface area contributed by atoms with E-state index >= 15 is 0 Å². The van der Waals surface area contributed by atoms with Crippen LogP contribution in [0, 0.1) is 0 Å². The average molecular weight is 192 g/mol. The van der Waals surface area contributed by atoms with Crippen molar-refractivity contribution in [1.29, 1.82) is 0 Å². The van der Waals surface area contributed by atoms with Crippen molar-refractivity contribution in [2.45, 2.75) is 18.8 Å². The van der Waals surface area contributed by atoms with E-state index in [1.165, 1.54) is 0 Å². The van der Waals surface area contributed by atoms with Gasteiger partial charge < -0.3 is 10.2 Å². The zero-order chi connectivity index (χ0) is 9.73. The maximum absolute atomic E-state index is 12.7. The van der Waals surface area contributed by atoms with Gasteiger partial charge in [-0.15, -0.1) is 0 Å². The van der Waals surface area contributed by atoms with Gasteiger partial charge in [-0.25, -0.2) is 8.78 Å². The number of halogens is 2. The summed E-state index contributed by atoms with van der Waals surface area (Å²) in [6, 6.07) is 0. The first-order valence-electron chi connectivity index (χ1n) is 4.41. The molecule has 0 unspecified atom stereocenters. The van der Waals surface area contributed by atoms with Crippen molar-refractivity contribution < 1.29 is 13.6 Å². The molecule has 1 fully saturated rings. The third-order valence-corrected chi connectivity index (χ3v) is 2.24. The average Bonchev–Trinajstić information content (AvgIpc) is 2.08. The van der Waals surface area contributed by atoms with Crippen molar-refractivity contribution in [3.05, 3.63) is 0 Å². The first kappa shape index (κ1) is 10.4. The SMILES string of the molecule is O=CNCCN1CCC(F)(F)CC1. The molecule has 76 valence electrons. The normalized spacial score (nSPS) is 22.6. The molecular formula is C8H14F2N2O. The smallest absolute Gasteiger partial charge is 0.250 e. The third-order valence-electron chi connectivity index (χ3n) is 2.24. The fourth-order valence-electron chi connectivity index (χ4n) is 1.39. The highest BCUT2D eigenvalue weighted by Crippen LogP contribution is 2.27. The molecule has 5 heteroatoms. The number of piperidine rings is 1. The molecule has 0 aromatic rings. The summed E-state index contributed by atoms with van der Waals surface area (Å²) in [4.78, 5) is 11.8. The molecule has 1 amide bonds. The second-order valence-electron chi connectivity index (χ2n) is 3.27. The van der Waals surface area contributed by atoms with Gasteiger partial charge in [-0.1, -0.05) is 0 Å². The van der Waals surface area contributed by atoms with E-state index in [9.17, 15) is 13.6 Å². The maximum atomic E-state index is 12.7. The van der Waals surface area contributed by atoms with Gasteiger partial charge in [0.1, 0.15) is 0 Å². The summed E-state index contributed by atoms with van der Waals surface area (Å²) in [7, 11) is 0. The van der Waals surface area contributed by atoms with Gasteiger partial charge in [0, 0.05) is 39.0 Å². The lowest BCUT2D eigenvalue weighted by atomic mass is 10.1. The zero-order valence-electron chi connectivity index (χ0n) is 7.43. The van der Waals surface area contributed by atoms with Crippen LogP contribution >= 0.6 is 0 Å². The zero-order valence-corrected chi connectivity index (χ0v) is 7.43. The van der Waals surface area contributed by atoms with E-state index in [2.05, 4.69) is 5.32 Å². The van der Waals surface area contributed by atoms with Crippen molar-refractivity contribution in [3.63, 3.8) is 0 Å². The monoisotopic (exact) mass is 192 g/mol. The molecule has 1 rings (SSSR count). The van der Waals surface area contributed by atoms with Gasteiger partial charge in [0.2, 0.25) is 6.41 Å². The second-order valence-corrected chi connectivity index (χ2v) is 3.27. The molecule has 0 radical (unpaired) electrons. The molecule has 1 aliphatic rings. The van der Waals surface area contributed by atoms with Crippen LogP contribution in [0.5, 0.6) is 0 Å². The van der Waals surface area contributed by atoms with E-state index in [4.69, 9.17) is 0 Å². The quantitative estimate of drug-likeness (QED) is 0.518. The number of hydrogen-bond donors (Lipinski definition) is 1. The second kappa shape index (κ2) is 4.50. The van der Waals surface area contributed by atoms with E-state index in [0.717, 1.165) is 0 Å². The number of nitrogens with zero attached hydrogens (tertiary/aromatic N) is 1. The highest BCUT2D eigenvalue weighted by atomic mass is 19.3. The van der Waals surface area contributed by atoms with Crippen LogP contribution in [0.2, 0.25) is 0 Å². The molecule has 0 aliphatic carbocycles. The largest absolute Gasteiger partial charge is 0.357 e. The summed E-state index contributed by atoms with van der Waals surface area (Å²) >= 11 is 0. The van der Waals surface area contributed by atoms with E-state index in [-0.39, 0.29) is 12.8 Å². The standard InChI is InChI=1S/C8H14F2N2O/c9-8(10)1-4-12(5-2-8)6-3-11-7-13/h7H,1-6H2,(H,11,13). The molecule has 1 heterocycles. The van der Waals surface area contributed by atoms with Crippen LogP contribution in [0.25, 0.3) is 0 Å². The number of amides is 1. The molecule has 0 aromatic carbocycles. The van der Waals surface area contributed by atoms with Crippen molar-refractivity contribution in [1.82, 2.24) is 10.2 Å². The number of carbonyl (C=O) groups is 1. The van der Waals surface area contributed by atoms with Crippen molar-refractivity contribution >= 4 is 6.41 Å². The predicted molar refractivity (Wildman–Crippen MR) is 44.7 cm³/mol. The number of alkyl halides is 2. The molecule has 0 bridgehead atoms. The van der Waals surface area contributed by atoms with Gasteiger partial charge >= 0.3 is 0 Å². The predicted octanol–water partition coefficient (Wildman–Crippen LogP) is 0.463. The molecule has 0 aromatic heterocycles. The Morgan fingerprint density at radius 2 is 2.00 bits per heavy atom. The Kier molecular flexibility index (Phi) is 3.59. The fraction of sp³-hybridized carbons (Fsp3) is 0.875. The summed E-state index contributed by atoms with van der Waals surface area (Å²) in [6.07, 6.45) is 0.501. The van der Waals surface area contributed by atoms with Crippen LogP contribution < -0.4 is 5.32 Å². The van der Waals surface area contributed by atoms with Crippen molar-refractivity contribution in [2.24, 2.45) is 0 Å². The Morgan fingerprint density at radius 3 is 2.54 bits per heavy atom. The Bertz CT molecular complexity index is 166. The van der Waals surface area contributed by atoms with Gasteiger partial charge in [-0.05, 0) is 0 Å². The highest BCUT2D eigenvalue weighted by Gasteiger charge is 2.33. The van der Waals surface area contributed by atoms with Crippen LogP contribution in [-0.2, 0) is 4.79 Å². The van der Waals surface area contributed by atoms with Crippen LogP contribution in [0.4, 0.5) is 8.78 Å². The first-order valence-corrected chi connectivity index (χ1v) is 4.41. The Hall–Kier alpha value is -0.710. The molecule has 1 N–H and O–H groups in total. The molecule has 0 spiro atoms. The molecule has 1 saturated heterocycles. The molecular weight excluding hydrogens is 178 g/mol. The summed E-state index contributed by atoms with van der Waals surface area (Å²) in [5, 5.41) is 2.51. The van der Waals surface area contributed by atoms with Gasteiger partial charge in [0.15, 0.2) is 0 Å². The van der Waals surface area contributed by atoms with Gasteiger partial charge in [0.05, 0.1) is 0 Å². The van der Waals surface area contributed by atoms with Crippen LogP contribution in [0.3, 0.4) is 0 Å². The summed E-state index contributed by atoms with van der Waals surface area (Å²) in [5.74, 6) is -2.48. The van der Waals surface area contributed by atoms with E-state index in [1.54, 1.807) is 0 Å². The lowest BCUT2D eigenvalue weighted by molar-refractivity contribution is -0.109. The minimum Gasteiger partial charge on any atom is -0.357 e. The lowest BCUT2D eigenvalue weighted by Crippen LogP contribution is -2.42. The van der Waals surface area contributed by atoms with E-state index < -0.39 is 5.92 Å². The van der Waals surface area contributed by atoms with Crippen molar-refractivity contribution in [3.8, 4) is 0 Å². The molecule has 0 saturated carbocycles. The van der Waals surface area contributed by atoms with Crippen LogP contribution in [-0.4, -0.2) is 43.4 Å². The summed E-state index contributed by atoms with van der Waals surface area (Å²) < 4.78 is 25.3. The summed E-state index contributed by atoms with van der Waals surface area (Å²) in [5.41, 5.74) is 0. The van der Waals surface area contributed by atoms with Gasteiger partial charge in [-0.2, -0.15) is 0 Å². The topological polar surface area (TPSA) is 32.3 Å². The molecule has 1 aliphatic heterocycles. The minimum atomic E-state index is -2.48. The maximum Gasteiger partial charge on any atom is 0.250 e.